The van der Waals surface area contributed by atoms with Crippen molar-refractivity contribution in [1.82, 2.24) is 0 Å². The summed E-state index contributed by atoms with van der Waals surface area (Å²) in [6, 6.07) is 9.27. The Bertz CT molecular complexity index is 1100. The molecule has 1 aliphatic carbocycles. The van der Waals surface area contributed by atoms with Gasteiger partial charge in [-0.3, -0.25) is 9.59 Å². The third kappa shape index (κ3) is 1.89. The van der Waals surface area contributed by atoms with Crippen molar-refractivity contribution < 1.29 is 24.9 Å². The van der Waals surface area contributed by atoms with E-state index in [1.54, 1.807) is 18.2 Å². The first-order valence-corrected chi connectivity index (χ1v) is 7.87. The number of ketones is 2. The van der Waals surface area contributed by atoms with Gasteiger partial charge in [0, 0.05) is 16.3 Å². The van der Waals surface area contributed by atoms with E-state index in [4.69, 9.17) is 0 Å². The number of phenols is 3. The molecule has 4 rings (SSSR count). The summed E-state index contributed by atoms with van der Waals surface area (Å²) in [5.41, 5.74) is 0.293. The molecule has 0 spiro atoms. The van der Waals surface area contributed by atoms with Crippen molar-refractivity contribution in [3.8, 4) is 17.2 Å². The first kappa shape index (κ1) is 15.2. The molecule has 3 N–H and O–H groups in total. The highest BCUT2D eigenvalue weighted by Gasteiger charge is 2.37. The molecule has 3 aromatic rings. The molecule has 0 heterocycles. The fourth-order valence-electron chi connectivity index (χ4n) is 3.39. The van der Waals surface area contributed by atoms with Crippen LogP contribution in [0.25, 0.3) is 10.8 Å². The third-order valence-electron chi connectivity index (χ3n) is 4.69. The van der Waals surface area contributed by atoms with Crippen molar-refractivity contribution in [2.24, 2.45) is 0 Å². The van der Waals surface area contributed by atoms with Gasteiger partial charge >= 0.3 is 0 Å². The average Bonchev–Trinajstić information content (AvgIpc) is 2.62. The molecule has 1 aliphatic rings. The monoisotopic (exact) mass is 334 g/mol. The third-order valence-corrected chi connectivity index (χ3v) is 4.69. The maximum atomic E-state index is 12.8. The van der Waals surface area contributed by atoms with E-state index >= 15 is 0 Å². The predicted molar refractivity (Wildman–Crippen MR) is 91.6 cm³/mol. The number of aryl methyl sites for hydroxylation is 1. The van der Waals surface area contributed by atoms with Gasteiger partial charge < -0.3 is 15.3 Å². The summed E-state index contributed by atoms with van der Waals surface area (Å²) in [7, 11) is 0. The highest BCUT2D eigenvalue weighted by molar-refractivity contribution is 6.33. The largest absolute Gasteiger partial charge is 0.507 e. The molecule has 3 aromatic carbocycles. The second-order valence-electron chi connectivity index (χ2n) is 6.04. The molecule has 124 valence electrons. The summed E-state index contributed by atoms with van der Waals surface area (Å²) in [6.45, 7) is 1.95. The van der Waals surface area contributed by atoms with E-state index < -0.39 is 11.6 Å². The van der Waals surface area contributed by atoms with Gasteiger partial charge in [-0.2, -0.15) is 0 Å². The molecule has 0 bridgehead atoms. The number of aromatic hydroxyl groups is 3. The highest BCUT2D eigenvalue weighted by Crippen LogP contribution is 2.45. The number of fused-ring (bicyclic) bond motifs is 3. The topological polar surface area (TPSA) is 94.8 Å². The molecule has 0 saturated carbocycles. The van der Waals surface area contributed by atoms with Crippen LogP contribution >= 0.6 is 0 Å². The van der Waals surface area contributed by atoms with Gasteiger partial charge in [0.05, 0.1) is 16.7 Å². The minimum Gasteiger partial charge on any atom is -0.507 e. The van der Waals surface area contributed by atoms with E-state index in [0.29, 0.717) is 5.39 Å². The zero-order valence-electron chi connectivity index (χ0n) is 13.3. The predicted octanol–water partition coefficient (Wildman–Crippen LogP) is 3.29. The molecule has 0 atom stereocenters. The van der Waals surface area contributed by atoms with Crippen molar-refractivity contribution in [1.29, 1.82) is 0 Å². The molecule has 5 heteroatoms. The van der Waals surface area contributed by atoms with E-state index in [-0.39, 0.29) is 44.9 Å². The SMILES string of the molecule is CCc1ccc2c(O)c3c(c(O)c2c1)C(=O)c1cccc(O)c1C3=O. The first-order chi connectivity index (χ1) is 12.0. The lowest BCUT2D eigenvalue weighted by Gasteiger charge is -2.21. The van der Waals surface area contributed by atoms with Crippen LogP contribution in [0.2, 0.25) is 0 Å². The minimum atomic E-state index is -0.683. The van der Waals surface area contributed by atoms with E-state index in [2.05, 4.69) is 0 Å². The average molecular weight is 334 g/mol. The molecule has 0 saturated heterocycles. The van der Waals surface area contributed by atoms with Crippen LogP contribution in [0.4, 0.5) is 0 Å². The van der Waals surface area contributed by atoms with Crippen LogP contribution < -0.4 is 0 Å². The van der Waals surface area contributed by atoms with Crippen LogP contribution in [0, 0.1) is 0 Å². The Kier molecular flexibility index (Phi) is 3.09. The smallest absolute Gasteiger partial charge is 0.202 e. The second kappa shape index (κ2) is 5.08. The van der Waals surface area contributed by atoms with Gasteiger partial charge in [-0.1, -0.05) is 31.2 Å². The Morgan fingerprint density at radius 1 is 0.800 bits per heavy atom. The minimum absolute atomic E-state index is 0.0122. The van der Waals surface area contributed by atoms with Crippen molar-refractivity contribution in [2.75, 3.05) is 0 Å². The van der Waals surface area contributed by atoms with Gasteiger partial charge in [-0.05, 0) is 24.1 Å². The van der Waals surface area contributed by atoms with Crippen LogP contribution in [0.15, 0.2) is 36.4 Å². The van der Waals surface area contributed by atoms with Gasteiger partial charge in [0.15, 0.2) is 5.78 Å². The van der Waals surface area contributed by atoms with Gasteiger partial charge in [-0.25, -0.2) is 0 Å². The summed E-state index contributed by atoms with van der Waals surface area (Å²) >= 11 is 0. The number of carbonyl (C=O) groups excluding carboxylic acids is 2. The van der Waals surface area contributed by atoms with Crippen molar-refractivity contribution >= 4 is 22.3 Å². The fraction of sp³-hybridized carbons (Fsp3) is 0.100. The van der Waals surface area contributed by atoms with E-state index in [9.17, 15) is 24.9 Å². The summed E-state index contributed by atoms with van der Waals surface area (Å²) in [5, 5.41) is 31.9. The summed E-state index contributed by atoms with van der Waals surface area (Å²) < 4.78 is 0. The number of rotatable bonds is 1. The molecule has 0 aromatic heterocycles. The normalized spacial score (nSPS) is 13.0. The van der Waals surface area contributed by atoms with Crippen molar-refractivity contribution in [3.63, 3.8) is 0 Å². The Hall–Kier alpha value is -3.34. The molecule has 25 heavy (non-hydrogen) atoms. The Balaban J connectivity index is 2.15. The molecular formula is C20H14O5. The maximum Gasteiger partial charge on any atom is 0.202 e. The van der Waals surface area contributed by atoms with E-state index in [1.807, 2.05) is 6.92 Å². The van der Waals surface area contributed by atoms with Crippen LogP contribution in [0.5, 0.6) is 17.2 Å². The van der Waals surface area contributed by atoms with Gasteiger partial charge in [0.25, 0.3) is 0 Å². The van der Waals surface area contributed by atoms with Gasteiger partial charge in [0.2, 0.25) is 5.78 Å². The van der Waals surface area contributed by atoms with Crippen LogP contribution in [-0.4, -0.2) is 26.9 Å². The zero-order valence-corrected chi connectivity index (χ0v) is 13.3. The number of phenolic OH excluding ortho intramolecular Hbond substituents is 3. The lowest BCUT2D eigenvalue weighted by Crippen LogP contribution is -2.21. The zero-order chi connectivity index (χ0) is 17.9. The molecule has 0 fully saturated rings. The van der Waals surface area contributed by atoms with E-state index in [0.717, 1.165) is 12.0 Å². The van der Waals surface area contributed by atoms with Crippen LogP contribution in [0.1, 0.15) is 44.3 Å². The number of hydrogen-bond acceptors (Lipinski definition) is 5. The summed E-state index contributed by atoms with van der Waals surface area (Å²) in [5.74, 6) is -2.31. The Labute approximate surface area is 142 Å². The second-order valence-corrected chi connectivity index (χ2v) is 6.04. The Morgan fingerprint density at radius 2 is 1.48 bits per heavy atom. The van der Waals surface area contributed by atoms with Crippen LogP contribution in [0.3, 0.4) is 0 Å². The Morgan fingerprint density at radius 3 is 2.20 bits per heavy atom. The lowest BCUT2D eigenvalue weighted by molar-refractivity contribution is 0.0972. The van der Waals surface area contributed by atoms with Crippen molar-refractivity contribution in [3.05, 3.63) is 64.2 Å². The molecule has 0 aliphatic heterocycles. The molecule has 0 radical (unpaired) electrons. The molecule has 0 amide bonds. The van der Waals surface area contributed by atoms with Gasteiger partial charge in [0.1, 0.15) is 17.2 Å². The summed E-state index contributed by atoms with van der Waals surface area (Å²) in [6.07, 6.45) is 0.719. The summed E-state index contributed by atoms with van der Waals surface area (Å²) in [4.78, 5) is 25.7. The number of benzene rings is 3. The number of carbonyl (C=O) groups is 2. The highest BCUT2D eigenvalue weighted by atomic mass is 16.3. The van der Waals surface area contributed by atoms with Gasteiger partial charge in [-0.15, -0.1) is 0 Å². The van der Waals surface area contributed by atoms with Crippen LogP contribution in [-0.2, 0) is 6.42 Å². The van der Waals surface area contributed by atoms with Crippen molar-refractivity contribution in [2.45, 2.75) is 13.3 Å². The molecule has 5 nitrogen and oxygen atoms in total. The molecule has 0 unspecified atom stereocenters. The first-order valence-electron chi connectivity index (χ1n) is 7.87. The fourth-order valence-corrected chi connectivity index (χ4v) is 3.39. The lowest BCUT2D eigenvalue weighted by atomic mass is 9.81. The molecular weight excluding hydrogens is 320 g/mol. The quantitative estimate of drug-likeness (QED) is 0.464. The van der Waals surface area contributed by atoms with E-state index in [1.165, 1.54) is 18.2 Å². The number of hydrogen-bond donors (Lipinski definition) is 3. The maximum absolute atomic E-state index is 12.8. The standard InChI is InChI=1S/C20H14O5/c1-2-9-6-7-10-12(8-9)19(24)15-16(17(10)22)20(25)14-11(18(15)23)4-3-5-13(14)21/h3-8,21-22,24H,2H2,1H3.